The molecule has 5 rings (SSSR count). The maximum atomic E-state index is 13.8. The molecule has 12 heteroatoms. The first-order valence-corrected chi connectivity index (χ1v) is 11.7. The van der Waals surface area contributed by atoms with Crippen molar-refractivity contribution in [1.82, 2.24) is 25.3 Å². The van der Waals surface area contributed by atoms with Crippen LogP contribution < -0.4 is 10.6 Å². The summed E-state index contributed by atoms with van der Waals surface area (Å²) in [6.07, 6.45) is 1.05. The molecule has 3 N–H and O–H groups in total. The van der Waals surface area contributed by atoms with E-state index in [1.165, 1.54) is 6.20 Å². The largest absolute Gasteiger partial charge is 0.341 e. The number of rotatable bonds is 6. The van der Waals surface area contributed by atoms with Crippen LogP contribution in [0.2, 0.25) is 0 Å². The lowest BCUT2D eigenvalue weighted by Crippen LogP contribution is -2.61. The number of carbonyl (C=O) groups is 3. The predicted molar refractivity (Wildman–Crippen MR) is 126 cm³/mol. The van der Waals surface area contributed by atoms with Gasteiger partial charge in [-0.25, -0.2) is 8.78 Å². The van der Waals surface area contributed by atoms with Crippen LogP contribution in [-0.4, -0.2) is 43.5 Å². The second-order valence-electron chi connectivity index (χ2n) is 9.58. The van der Waals surface area contributed by atoms with E-state index in [4.69, 9.17) is 0 Å². The molecule has 0 atom stereocenters. The zero-order valence-corrected chi connectivity index (χ0v) is 20.1. The van der Waals surface area contributed by atoms with Gasteiger partial charge < -0.3 is 15.2 Å². The SMILES string of the molecule is Cc1ccc(NC(=O)c2c(C)c(C(=O)C(=O)NC3(c4cn[nH]n4)CC(F)(F)C3)n3c2CCC3)cc1C#N. The normalized spacial score (nSPS) is 16.8. The first-order valence-electron chi connectivity index (χ1n) is 11.7. The number of nitrogens with zero attached hydrogens (tertiary/aromatic N) is 4. The van der Waals surface area contributed by atoms with Crippen LogP contribution in [0.1, 0.15) is 68.2 Å². The molecule has 190 valence electrons. The number of hydrogen-bond acceptors (Lipinski definition) is 6. The molecule has 1 aliphatic heterocycles. The molecule has 37 heavy (non-hydrogen) atoms. The minimum atomic E-state index is -3.01. The molecule has 1 aromatic carbocycles. The zero-order chi connectivity index (χ0) is 26.5. The average Bonchev–Trinajstić information content (AvgIpc) is 3.56. The molecule has 2 aliphatic rings. The van der Waals surface area contributed by atoms with Gasteiger partial charge in [0.05, 0.1) is 34.6 Å². The number of aryl methyl sites for hydroxylation is 1. The second kappa shape index (κ2) is 8.62. The van der Waals surface area contributed by atoms with Gasteiger partial charge in [-0.2, -0.15) is 20.7 Å². The van der Waals surface area contributed by atoms with E-state index in [1.807, 2.05) is 0 Å². The van der Waals surface area contributed by atoms with Gasteiger partial charge in [0.2, 0.25) is 0 Å². The van der Waals surface area contributed by atoms with Crippen molar-refractivity contribution < 1.29 is 23.2 Å². The van der Waals surface area contributed by atoms with Crippen molar-refractivity contribution in [1.29, 1.82) is 5.26 Å². The number of alkyl halides is 2. The second-order valence-corrected chi connectivity index (χ2v) is 9.58. The fourth-order valence-corrected chi connectivity index (χ4v) is 5.31. The molecule has 1 saturated carbocycles. The number of nitriles is 1. The van der Waals surface area contributed by atoms with Gasteiger partial charge in [-0.3, -0.25) is 14.4 Å². The minimum Gasteiger partial charge on any atom is -0.341 e. The number of carbonyl (C=O) groups excluding carboxylic acids is 3. The number of benzene rings is 1. The summed E-state index contributed by atoms with van der Waals surface area (Å²) in [5, 5.41) is 24.4. The first-order chi connectivity index (χ1) is 17.5. The highest BCUT2D eigenvalue weighted by Crippen LogP contribution is 2.51. The monoisotopic (exact) mass is 507 g/mol. The van der Waals surface area contributed by atoms with Gasteiger partial charge in [-0.05, 0) is 49.9 Å². The third-order valence-corrected chi connectivity index (χ3v) is 7.05. The highest BCUT2D eigenvalue weighted by molar-refractivity contribution is 6.43. The third kappa shape index (κ3) is 4.06. The number of Topliss-reactive ketones (excluding diaryl/α,β-unsaturated/α-hetero) is 1. The molecule has 0 saturated heterocycles. The van der Waals surface area contributed by atoms with E-state index in [2.05, 4.69) is 32.1 Å². The summed E-state index contributed by atoms with van der Waals surface area (Å²) in [7, 11) is 0. The molecule has 0 radical (unpaired) electrons. The van der Waals surface area contributed by atoms with Gasteiger partial charge in [-0.1, -0.05) is 6.07 Å². The van der Waals surface area contributed by atoms with E-state index < -0.39 is 41.9 Å². The number of hydrogen-bond donors (Lipinski definition) is 3. The van der Waals surface area contributed by atoms with Gasteiger partial charge in [0.25, 0.3) is 23.5 Å². The van der Waals surface area contributed by atoms with Crippen LogP contribution in [0, 0.1) is 25.2 Å². The number of nitrogens with one attached hydrogen (secondary N) is 3. The summed E-state index contributed by atoms with van der Waals surface area (Å²) in [4.78, 5) is 39.7. The van der Waals surface area contributed by atoms with Crippen LogP contribution in [0.3, 0.4) is 0 Å². The van der Waals surface area contributed by atoms with Crippen LogP contribution in [0.25, 0.3) is 0 Å². The molecule has 0 bridgehead atoms. The Morgan fingerprint density at radius 1 is 1.22 bits per heavy atom. The van der Waals surface area contributed by atoms with E-state index in [1.54, 1.807) is 36.6 Å². The van der Waals surface area contributed by atoms with E-state index in [0.29, 0.717) is 41.9 Å². The van der Waals surface area contributed by atoms with Crippen LogP contribution >= 0.6 is 0 Å². The van der Waals surface area contributed by atoms with Crippen LogP contribution in [-0.2, 0) is 23.3 Å². The van der Waals surface area contributed by atoms with E-state index in [0.717, 1.165) is 5.56 Å². The average molecular weight is 508 g/mol. The quantitative estimate of drug-likeness (QED) is 0.346. The number of halogens is 2. The lowest BCUT2D eigenvalue weighted by atomic mass is 9.71. The van der Waals surface area contributed by atoms with Crippen LogP contribution in [0.4, 0.5) is 14.5 Å². The number of anilines is 1. The van der Waals surface area contributed by atoms with Crippen molar-refractivity contribution in [2.24, 2.45) is 0 Å². The fraction of sp³-hybridized carbons (Fsp3) is 0.360. The Kier molecular flexibility index (Phi) is 5.66. The van der Waals surface area contributed by atoms with Gasteiger partial charge in [0.15, 0.2) is 0 Å². The van der Waals surface area contributed by atoms with Crippen molar-refractivity contribution in [3.63, 3.8) is 0 Å². The van der Waals surface area contributed by atoms with Crippen molar-refractivity contribution in [3.8, 4) is 6.07 Å². The molecule has 2 aromatic heterocycles. The maximum absolute atomic E-state index is 13.8. The predicted octanol–water partition coefficient (Wildman–Crippen LogP) is 2.92. The van der Waals surface area contributed by atoms with Gasteiger partial charge in [0.1, 0.15) is 5.69 Å². The Labute approximate surface area is 210 Å². The number of aromatic nitrogens is 4. The van der Waals surface area contributed by atoms with Crippen molar-refractivity contribution in [2.45, 2.75) is 57.5 Å². The van der Waals surface area contributed by atoms with Crippen LogP contribution in [0.5, 0.6) is 0 Å². The lowest BCUT2D eigenvalue weighted by molar-refractivity contribution is -0.148. The highest BCUT2D eigenvalue weighted by atomic mass is 19.3. The molecule has 3 heterocycles. The molecule has 0 unspecified atom stereocenters. The number of amides is 2. The molecule has 1 aliphatic carbocycles. The summed E-state index contributed by atoms with van der Waals surface area (Å²) in [5.74, 6) is -5.44. The van der Waals surface area contributed by atoms with Crippen molar-refractivity contribution in [2.75, 3.05) is 5.32 Å². The number of fused-ring (bicyclic) bond motifs is 1. The number of H-pyrrole nitrogens is 1. The smallest absolute Gasteiger partial charge is 0.294 e. The third-order valence-electron chi connectivity index (χ3n) is 7.05. The molecular formula is C25H23F2N7O3. The summed E-state index contributed by atoms with van der Waals surface area (Å²) in [5.41, 5.74) is 1.52. The standard InChI is InChI=1S/C25H23F2N7O3/c1-13-5-6-16(8-15(13)9-28)30-22(36)19-14(2)20(34-7-3-4-17(19)34)21(35)23(37)31-24(11-25(26,27)12-24)18-10-29-33-32-18/h5-6,8,10H,3-4,7,11-12H2,1-2H3,(H,30,36)(H,31,37)(H,29,32,33). The van der Waals surface area contributed by atoms with Gasteiger partial charge in [0, 0.05) is 30.8 Å². The lowest BCUT2D eigenvalue weighted by Gasteiger charge is -2.46. The summed E-state index contributed by atoms with van der Waals surface area (Å²) in [6.45, 7) is 3.81. The van der Waals surface area contributed by atoms with Crippen molar-refractivity contribution >= 4 is 23.3 Å². The zero-order valence-electron chi connectivity index (χ0n) is 20.1. The molecule has 2 amide bonds. The Hall–Kier alpha value is -4.40. The Morgan fingerprint density at radius 2 is 1.97 bits per heavy atom. The topological polar surface area (TPSA) is 146 Å². The minimum absolute atomic E-state index is 0.0538. The first kappa shape index (κ1) is 24.3. The summed E-state index contributed by atoms with van der Waals surface area (Å²) in [6, 6.07) is 7.04. The van der Waals surface area contributed by atoms with Gasteiger partial charge in [-0.15, -0.1) is 0 Å². The fourth-order valence-electron chi connectivity index (χ4n) is 5.31. The Morgan fingerprint density at radius 3 is 2.62 bits per heavy atom. The van der Waals surface area contributed by atoms with E-state index >= 15 is 0 Å². The molecule has 1 fully saturated rings. The van der Waals surface area contributed by atoms with E-state index in [-0.39, 0.29) is 17.0 Å². The molecular weight excluding hydrogens is 484 g/mol. The Balaban J connectivity index is 1.43. The molecule has 3 aromatic rings. The van der Waals surface area contributed by atoms with Gasteiger partial charge >= 0.3 is 0 Å². The highest BCUT2D eigenvalue weighted by Gasteiger charge is 2.60. The van der Waals surface area contributed by atoms with Crippen LogP contribution in [0.15, 0.2) is 24.4 Å². The summed E-state index contributed by atoms with van der Waals surface area (Å²) < 4.78 is 29.3. The number of aromatic amines is 1. The maximum Gasteiger partial charge on any atom is 0.294 e. The van der Waals surface area contributed by atoms with Crippen molar-refractivity contribution in [3.05, 3.63) is 63.7 Å². The van der Waals surface area contributed by atoms with E-state index in [9.17, 15) is 28.4 Å². The Bertz CT molecular complexity index is 1480. The number of ketones is 1. The molecule has 0 spiro atoms. The molecule has 10 nitrogen and oxygen atoms in total. The summed E-state index contributed by atoms with van der Waals surface area (Å²) >= 11 is 0.